The third kappa shape index (κ3) is 5.02. The average molecular weight is 537 g/mol. The first-order chi connectivity index (χ1) is 19.6. The van der Waals surface area contributed by atoms with Crippen molar-refractivity contribution in [3.63, 3.8) is 0 Å². The van der Waals surface area contributed by atoms with E-state index in [2.05, 4.69) is 5.01 Å². The first kappa shape index (κ1) is 25.6. The molecule has 2 bridgehead atoms. The Balaban J connectivity index is 1.54. The van der Waals surface area contributed by atoms with Gasteiger partial charge in [0.1, 0.15) is 24.8 Å². The van der Waals surface area contributed by atoms with Crippen LogP contribution in [0.1, 0.15) is 46.1 Å². The van der Waals surface area contributed by atoms with E-state index in [1.807, 2.05) is 72.8 Å². The van der Waals surface area contributed by atoms with Crippen molar-refractivity contribution in [3.8, 4) is 11.5 Å². The number of hydrogen-bond acceptors (Lipinski definition) is 5. The first-order valence-corrected chi connectivity index (χ1v) is 13.5. The minimum Gasteiger partial charge on any atom is -0.489 e. The smallest absolute Gasteiger partial charge is 0.224 e. The topological polar surface area (TPSA) is 60.8 Å². The fourth-order valence-corrected chi connectivity index (χ4v) is 5.49. The van der Waals surface area contributed by atoms with E-state index in [0.717, 1.165) is 16.7 Å². The Morgan fingerprint density at radius 1 is 0.925 bits per heavy atom. The number of allylic oxidation sites excluding steroid dienone is 1. The molecule has 0 saturated carbocycles. The number of ether oxygens (including phenoxy) is 2. The number of nitrogens with zero attached hydrogens (tertiary/aromatic N) is 2. The second kappa shape index (κ2) is 11.2. The Bertz CT molecular complexity index is 1600. The molecule has 0 N–H and O–H groups in total. The summed E-state index contributed by atoms with van der Waals surface area (Å²) in [6.45, 7) is 0.847. The Labute approximate surface area is 231 Å². The zero-order valence-corrected chi connectivity index (χ0v) is 21.9. The Morgan fingerprint density at radius 3 is 2.50 bits per heavy atom. The van der Waals surface area contributed by atoms with Gasteiger partial charge in [0.05, 0.1) is 6.04 Å². The molecule has 3 heterocycles. The molecule has 0 amide bonds. The molecule has 2 atom stereocenters. The van der Waals surface area contributed by atoms with E-state index in [-0.39, 0.29) is 41.8 Å². The molecule has 0 saturated heterocycles. The number of pyridine rings is 1. The number of benzene rings is 3. The Hall–Kier alpha value is -4.65. The van der Waals surface area contributed by atoms with Gasteiger partial charge in [-0.2, -0.15) is 0 Å². The summed E-state index contributed by atoms with van der Waals surface area (Å²) in [6, 6.07) is 24.9. The van der Waals surface area contributed by atoms with Crippen LogP contribution in [-0.2, 0) is 6.61 Å². The Morgan fingerprint density at radius 2 is 1.70 bits per heavy atom. The molecule has 1 unspecified atom stereocenters. The predicted octanol–water partition coefficient (Wildman–Crippen LogP) is 5.84. The van der Waals surface area contributed by atoms with Crippen molar-refractivity contribution in [2.75, 3.05) is 18.2 Å². The van der Waals surface area contributed by atoms with Crippen LogP contribution in [0.15, 0.2) is 108 Å². The third-order valence-electron chi connectivity index (χ3n) is 7.42. The van der Waals surface area contributed by atoms with Gasteiger partial charge >= 0.3 is 0 Å². The maximum absolute atomic E-state index is 14.4. The fraction of sp³-hybridized carbons (Fsp3) is 0.212. The van der Waals surface area contributed by atoms with E-state index < -0.39 is 11.9 Å². The van der Waals surface area contributed by atoms with Gasteiger partial charge in [-0.05, 0) is 36.1 Å². The normalized spacial score (nSPS) is 19.3. The highest BCUT2D eigenvalue weighted by molar-refractivity contribution is 6.00. The summed E-state index contributed by atoms with van der Waals surface area (Å²) in [7, 11) is 0. The summed E-state index contributed by atoms with van der Waals surface area (Å²) >= 11 is 0. The number of rotatable bonds is 4. The molecule has 6 nitrogen and oxygen atoms in total. The number of halogens is 1. The second-order valence-electron chi connectivity index (χ2n) is 10.0. The van der Waals surface area contributed by atoms with E-state index in [9.17, 15) is 14.0 Å². The highest BCUT2D eigenvalue weighted by atomic mass is 19.1. The lowest BCUT2D eigenvalue weighted by atomic mass is 9.90. The number of fused-ring (bicyclic) bond motifs is 5. The van der Waals surface area contributed by atoms with Crippen molar-refractivity contribution in [1.29, 1.82) is 0 Å². The SMILES string of the molecule is O=C1c2c(OCc3ccccc3)c(=O)ccn2N2CC1CC/C=C/COc1cc(F)ccc1[C@H]2c1ccccc1. The highest BCUT2D eigenvalue weighted by Crippen LogP contribution is 2.39. The van der Waals surface area contributed by atoms with Crippen LogP contribution in [0.5, 0.6) is 11.5 Å². The van der Waals surface area contributed by atoms with Crippen molar-refractivity contribution in [2.24, 2.45) is 5.92 Å². The predicted molar refractivity (Wildman–Crippen MR) is 151 cm³/mol. The minimum atomic E-state index is -0.431. The number of ketones is 1. The van der Waals surface area contributed by atoms with Crippen LogP contribution >= 0.6 is 0 Å². The molecule has 2 aliphatic heterocycles. The summed E-state index contributed by atoms with van der Waals surface area (Å²) in [6.07, 6.45) is 6.77. The number of hydrogen-bond donors (Lipinski definition) is 0. The van der Waals surface area contributed by atoms with Gasteiger partial charge in [0.15, 0.2) is 17.2 Å². The van der Waals surface area contributed by atoms with Crippen LogP contribution in [0.25, 0.3) is 0 Å². The quantitative estimate of drug-likeness (QED) is 0.307. The van der Waals surface area contributed by atoms with Crippen LogP contribution in [-0.4, -0.2) is 23.6 Å². The van der Waals surface area contributed by atoms with Gasteiger partial charge in [-0.15, -0.1) is 0 Å². The molecule has 3 aromatic carbocycles. The van der Waals surface area contributed by atoms with Gasteiger partial charge < -0.3 is 9.47 Å². The van der Waals surface area contributed by atoms with Gasteiger partial charge in [-0.3, -0.25) is 19.3 Å². The number of Topliss-reactive ketones (excluding diaryl/α,β-unsaturated/α-hetero) is 1. The molecule has 0 radical (unpaired) electrons. The van der Waals surface area contributed by atoms with Crippen LogP contribution in [0.3, 0.4) is 0 Å². The van der Waals surface area contributed by atoms with E-state index in [1.165, 1.54) is 18.2 Å². The standard InChI is InChI=1S/C33H29FN2O4/c34-26-15-16-27-29(20-26)39-19-9-3-8-14-25-21-36(30(27)24-12-6-2-7-13-24)35-18-17-28(37)33(31(35)32(25)38)40-22-23-10-4-1-5-11-23/h1-7,9-13,15-18,20,25,30H,8,14,19,21-22H2/b9-3+/t25?,30-/m1/s1. The van der Waals surface area contributed by atoms with E-state index in [1.54, 1.807) is 16.9 Å². The Kier molecular flexibility index (Phi) is 7.19. The highest BCUT2D eigenvalue weighted by Gasteiger charge is 2.39. The second-order valence-corrected chi connectivity index (χ2v) is 10.0. The molecule has 2 aliphatic rings. The van der Waals surface area contributed by atoms with E-state index in [0.29, 0.717) is 25.1 Å². The van der Waals surface area contributed by atoms with Crippen molar-refractivity contribution in [1.82, 2.24) is 4.68 Å². The number of aromatic nitrogens is 1. The molecular weight excluding hydrogens is 507 g/mol. The van der Waals surface area contributed by atoms with Gasteiger partial charge in [-0.25, -0.2) is 4.39 Å². The molecule has 0 aliphatic carbocycles. The monoisotopic (exact) mass is 536 g/mol. The summed E-state index contributed by atoms with van der Waals surface area (Å²) < 4.78 is 28.3. The molecule has 6 rings (SSSR count). The lowest BCUT2D eigenvalue weighted by Crippen LogP contribution is -2.51. The maximum atomic E-state index is 14.4. The van der Waals surface area contributed by atoms with Crippen LogP contribution in [0.4, 0.5) is 4.39 Å². The number of carbonyl (C=O) groups is 1. The molecule has 7 heteroatoms. The molecular formula is C33H29FN2O4. The lowest BCUT2D eigenvalue weighted by molar-refractivity contribution is 0.0869. The zero-order valence-electron chi connectivity index (χ0n) is 21.9. The van der Waals surface area contributed by atoms with Crippen molar-refractivity contribution < 1.29 is 18.7 Å². The third-order valence-corrected chi connectivity index (χ3v) is 7.42. The van der Waals surface area contributed by atoms with Crippen molar-refractivity contribution in [2.45, 2.75) is 25.5 Å². The van der Waals surface area contributed by atoms with Crippen molar-refractivity contribution >= 4 is 5.78 Å². The van der Waals surface area contributed by atoms with Crippen LogP contribution in [0.2, 0.25) is 0 Å². The molecule has 4 aromatic rings. The summed E-state index contributed by atoms with van der Waals surface area (Å²) in [4.78, 5) is 27.2. The summed E-state index contributed by atoms with van der Waals surface area (Å²) in [5.41, 5.74) is 2.47. The maximum Gasteiger partial charge on any atom is 0.224 e. The molecule has 0 fully saturated rings. The fourth-order valence-electron chi connectivity index (χ4n) is 5.49. The molecule has 202 valence electrons. The summed E-state index contributed by atoms with van der Waals surface area (Å²) in [5.74, 6) is -0.424. The minimum absolute atomic E-state index is 0.0380. The van der Waals surface area contributed by atoms with Gasteiger partial charge in [0.2, 0.25) is 5.43 Å². The van der Waals surface area contributed by atoms with Crippen molar-refractivity contribution in [3.05, 3.63) is 142 Å². The van der Waals surface area contributed by atoms with Gasteiger partial charge in [0.25, 0.3) is 0 Å². The van der Waals surface area contributed by atoms with Gasteiger partial charge in [0, 0.05) is 36.4 Å². The lowest BCUT2D eigenvalue weighted by Gasteiger charge is -2.43. The zero-order chi connectivity index (χ0) is 27.5. The van der Waals surface area contributed by atoms with E-state index >= 15 is 0 Å². The largest absolute Gasteiger partial charge is 0.489 e. The van der Waals surface area contributed by atoms with Crippen LogP contribution in [0, 0.1) is 11.7 Å². The first-order valence-electron chi connectivity index (χ1n) is 13.5. The van der Waals surface area contributed by atoms with E-state index in [4.69, 9.17) is 9.47 Å². The summed E-state index contributed by atoms with van der Waals surface area (Å²) in [5, 5.41) is 2.07. The molecule has 0 spiro atoms. The van der Waals surface area contributed by atoms with Crippen LogP contribution < -0.4 is 19.9 Å². The molecule has 1 aromatic heterocycles. The molecule has 40 heavy (non-hydrogen) atoms. The number of carbonyl (C=O) groups excluding carboxylic acids is 1. The van der Waals surface area contributed by atoms with Gasteiger partial charge in [-0.1, -0.05) is 72.8 Å². The average Bonchev–Trinajstić information content (AvgIpc) is 2.97.